The Bertz CT molecular complexity index is 419. The van der Waals surface area contributed by atoms with E-state index in [1.807, 2.05) is 6.92 Å². The molecule has 0 aliphatic heterocycles. The Balaban J connectivity index is 2.75. The van der Waals surface area contributed by atoms with E-state index < -0.39 is 11.7 Å². The number of nitrogens with one attached hydrogen (secondary N) is 1. The van der Waals surface area contributed by atoms with Gasteiger partial charge in [0, 0.05) is 6.54 Å². The van der Waals surface area contributed by atoms with Crippen LogP contribution in [0.5, 0.6) is 0 Å². The zero-order valence-corrected chi connectivity index (χ0v) is 9.87. The smallest absolute Gasteiger partial charge is 0.291 e. The van der Waals surface area contributed by atoms with E-state index in [1.165, 1.54) is 25.3 Å². The largest absolute Gasteiger partial charge is 0.468 e. The Labute approximate surface area is 99.5 Å². The molecule has 0 saturated carbocycles. The van der Waals surface area contributed by atoms with Crippen LogP contribution in [-0.4, -0.2) is 25.6 Å². The molecule has 17 heavy (non-hydrogen) atoms. The van der Waals surface area contributed by atoms with Crippen molar-refractivity contribution in [3.63, 3.8) is 0 Å². The van der Waals surface area contributed by atoms with Gasteiger partial charge in [0.1, 0.15) is 5.82 Å². The summed E-state index contributed by atoms with van der Waals surface area (Å²) in [5.74, 6) is -1.14. The first kappa shape index (κ1) is 13.2. The molecular weight excluding hydrogens is 223 g/mol. The Morgan fingerprint density at radius 3 is 2.76 bits per heavy atom. The lowest BCUT2D eigenvalue weighted by Gasteiger charge is -2.07. The number of halogens is 1. The molecule has 0 heterocycles. The Kier molecular flexibility index (Phi) is 5.13. The number of ether oxygens (including phenoxy) is 1. The van der Waals surface area contributed by atoms with E-state index in [0.717, 1.165) is 6.42 Å². The number of hydrogen-bond acceptors (Lipinski definition) is 3. The normalized spacial score (nSPS) is 11.1. The predicted octanol–water partition coefficient (Wildman–Crippen LogP) is 1.97. The van der Waals surface area contributed by atoms with E-state index in [-0.39, 0.29) is 11.6 Å². The van der Waals surface area contributed by atoms with E-state index in [1.54, 1.807) is 6.07 Å². The zero-order valence-electron chi connectivity index (χ0n) is 9.87. The van der Waals surface area contributed by atoms with Crippen molar-refractivity contribution in [2.24, 2.45) is 4.99 Å². The molecule has 0 fully saturated rings. The highest BCUT2D eigenvalue weighted by molar-refractivity contribution is 6.04. The standard InChI is InChI=1S/C12H15FN2O2/c1-3-8-14-12(17-2)15-11(16)9-6-4-5-7-10(9)13/h4-7H,3,8H2,1-2H3,(H,14,15,16). The minimum absolute atomic E-state index is 0.0336. The lowest BCUT2D eigenvalue weighted by molar-refractivity contribution is 0.0964. The first-order valence-electron chi connectivity index (χ1n) is 5.33. The first-order valence-corrected chi connectivity index (χ1v) is 5.33. The van der Waals surface area contributed by atoms with Gasteiger partial charge in [-0.3, -0.25) is 10.1 Å². The average molecular weight is 238 g/mol. The van der Waals surface area contributed by atoms with E-state index in [2.05, 4.69) is 10.3 Å². The van der Waals surface area contributed by atoms with Crippen molar-refractivity contribution in [2.75, 3.05) is 13.7 Å². The number of rotatable bonds is 3. The van der Waals surface area contributed by atoms with Gasteiger partial charge in [0.05, 0.1) is 12.7 Å². The van der Waals surface area contributed by atoms with Crippen LogP contribution in [0.3, 0.4) is 0 Å². The number of amidine groups is 1. The van der Waals surface area contributed by atoms with Crippen molar-refractivity contribution < 1.29 is 13.9 Å². The summed E-state index contributed by atoms with van der Waals surface area (Å²) in [6, 6.07) is 5.84. The van der Waals surface area contributed by atoms with Gasteiger partial charge in [-0.15, -0.1) is 0 Å². The van der Waals surface area contributed by atoms with Gasteiger partial charge >= 0.3 is 0 Å². The summed E-state index contributed by atoms with van der Waals surface area (Å²) < 4.78 is 18.2. The molecular formula is C12H15FN2O2. The molecule has 1 amide bonds. The number of aliphatic imine (C=N–C) groups is 1. The van der Waals surface area contributed by atoms with Gasteiger partial charge in [0.2, 0.25) is 0 Å². The Hall–Kier alpha value is -1.91. The number of carbonyl (C=O) groups excluding carboxylic acids is 1. The molecule has 0 aliphatic rings. The molecule has 0 aliphatic carbocycles. The molecule has 0 saturated heterocycles. The lowest BCUT2D eigenvalue weighted by atomic mass is 10.2. The van der Waals surface area contributed by atoms with Gasteiger partial charge in [-0.05, 0) is 18.6 Å². The second-order valence-electron chi connectivity index (χ2n) is 3.32. The van der Waals surface area contributed by atoms with Gasteiger partial charge in [-0.25, -0.2) is 9.38 Å². The third kappa shape index (κ3) is 3.86. The van der Waals surface area contributed by atoms with Gasteiger partial charge in [0.25, 0.3) is 11.9 Å². The molecule has 0 spiro atoms. The number of methoxy groups -OCH3 is 1. The summed E-state index contributed by atoms with van der Waals surface area (Å²) in [6.45, 7) is 2.50. The fourth-order valence-corrected chi connectivity index (χ4v) is 1.18. The predicted molar refractivity (Wildman–Crippen MR) is 63.5 cm³/mol. The Morgan fingerprint density at radius 1 is 1.47 bits per heavy atom. The second kappa shape index (κ2) is 6.62. The van der Waals surface area contributed by atoms with Crippen molar-refractivity contribution in [3.05, 3.63) is 35.6 Å². The number of benzene rings is 1. The van der Waals surface area contributed by atoms with Crippen LogP contribution in [0, 0.1) is 5.82 Å². The molecule has 1 N–H and O–H groups in total. The van der Waals surface area contributed by atoms with Crippen molar-refractivity contribution in [3.8, 4) is 0 Å². The van der Waals surface area contributed by atoms with Crippen LogP contribution in [0.4, 0.5) is 4.39 Å². The van der Waals surface area contributed by atoms with Gasteiger partial charge in [0.15, 0.2) is 0 Å². The number of hydrogen-bond donors (Lipinski definition) is 1. The topological polar surface area (TPSA) is 50.7 Å². The van der Waals surface area contributed by atoms with Crippen molar-refractivity contribution in [1.29, 1.82) is 0 Å². The average Bonchev–Trinajstić information content (AvgIpc) is 2.34. The molecule has 1 aromatic carbocycles. The van der Waals surface area contributed by atoms with Crippen LogP contribution >= 0.6 is 0 Å². The van der Waals surface area contributed by atoms with Crippen LogP contribution in [0.2, 0.25) is 0 Å². The van der Waals surface area contributed by atoms with Crippen LogP contribution in [0.25, 0.3) is 0 Å². The minimum atomic E-state index is -0.573. The fourth-order valence-electron chi connectivity index (χ4n) is 1.18. The maximum absolute atomic E-state index is 13.3. The third-order valence-electron chi connectivity index (χ3n) is 2.01. The summed E-state index contributed by atoms with van der Waals surface area (Å²) in [7, 11) is 1.40. The highest BCUT2D eigenvalue weighted by atomic mass is 19.1. The number of amides is 1. The quantitative estimate of drug-likeness (QED) is 0.646. The molecule has 5 heteroatoms. The molecule has 0 aromatic heterocycles. The summed E-state index contributed by atoms with van der Waals surface area (Å²) in [5.41, 5.74) is -0.0336. The number of carbonyl (C=O) groups is 1. The monoisotopic (exact) mass is 238 g/mol. The summed E-state index contributed by atoms with van der Waals surface area (Å²) >= 11 is 0. The fraction of sp³-hybridized carbons (Fsp3) is 0.333. The van der Waals surface area contributed by atoms with Crippen LogP contribution < -0.4 is 5.32 Å². The summed E-state index contributed by atoms with van der Waals surface area (Å²) in [4.78, 5) is 15.7. The van der Waals surface area contributed by atoms with Crippen molar-refractivity contribution in [2.45, 2.75) is 13.3 Å². The van der Waals surface area contributed by atoms with Crippen molar-refractivity contribution >= 4 is 11.9 Å². The van der Waals surface area contributed by atoms with Crippen LogP contribution in [0.15, 0.2) is 29.3 Å². The molecule has 1 rings (SSSR count). The van der Waals surface area contributed by atoms with E-state index in [4.69, 9.17) is 4.74 Å². The zero-order chi connectivity index (χ0) is 12.7. The second-order valence-corrected chi connectivity index (χ2v) is 3.32. The number of nitrogens with zero attached hydrogens (tertiary/aromatic N) is 1. The highest BCUT2D eigenvalue weighted by Crippen LogP contribution is 2.05. The molecule has 0 unspecified atom stereocenters. The third-order valence-corrected chi connectivity index (χ3v) is 2.01. The highest BCUT2D eigenvalue weighted by Gasteiger charge is 2.12. The van der Waals surface area contributed by atoms with E-state index >= 15 is 0 Å². The van der Waals surface area contributed by atoms with Gasteiger partial charge < -0.3 is 4.74 Å². The maximum atomic E-state index is 13.3. The molecule has 0 bridgehead atoms. The van der Waals surface area contributed by atoms with E-state index in [0.29, 0.717) is 6.54 Å². The SMILES string of the molecule is CCCN=C(NC(=O)c1ccccc1F)OC. The molecule has 0 atom stereocenters. The molecule has 92 valence electrons. The lowest BCUT2D eigenvalue weighted by Crippen LogP contribution is -2.32. The van der Waals surface area contributed by atoms with Crippen molar-refractivity contribution in [1.82, 2.24) is 5.32 Å². The molecule has 4 nitrogen and oxygen atoms in total. The maximum Gasteiger partial charge on any atom is 0.291 e. The van der Waals surface area contributed by atoms with Crippen LogP contribution in [-0.2, 0) is 4.74 Å². The summed E-state index contributed by atoms with van der Waals surface area (Å²) in [5, 5.41) is 2.41. The molecule has 0 radical (unpaired) electrons. The van der Waals surface area contributed by atoms with Gasteiger partial charge in [-0.1, -0.05) is 19.1 Å². The van der Waals surface area contributed by atoms with Crippen LogP contribution in [0.1, 0.15) is 23.7 Å². The first-order chi connectivity index (χ1) is 8.19. The molecule has 1 aromatic rings. The van der Waals surface area contributed by atoms with E-state index in [9.17, 15) is 9.18 Å². The summed E-state index contributed by atoms with van der Waals surface area (Å²) in [6.07, 6.45) is 0.836. The minimum Gasteiger partial charge on any atom is -0.468 e. The Morgan fingerprint density at radius 2 is 2.18 bits per heavy atom. The van der Waals surface area contributed by atoms with Gasteiger partial charge in [-0.2, -0.15) is 0 Å².